The van der Waals surface area contributed by atoms with Gasteiger partial charge in [-0.25, -0.2) is 13.6 Å². The van der Waals surface area contributed by atoms with Gasteiger partial charge in [-0.2, -0.15) is 0 Å². The standard InChI is InChI=1S/C10H13NO3S/c1-3-4-8-7-9(14-2)5-6-10(8)15(11,12)13/h3,5-7H,1,4H2,2H3,(H2,11,12,13). The molecule has 0 saturated heterocycles. The quantitative estimate of drug-likeness (QED) is 0.782. The number of sulfonamides is 1. The lowest BCUT2D eigenvalue weighted by Gasteiger charge is -2.07. The van der Waals surface area contributed by atoms with Crippen LogP contribution in [0.3, 0.4) is 0 Å². The average molecular weight is 227 g/mol. The fourth-order valence-corrected chi connectivity index (χ4v) is 2.04. The molecule has 0 heterocycles. The van der Waals surface area contributed by atoms with Crippen LogP contribution >= 0.6 is 0 Å². The molecule has 1 rings (SSSR count). The highest BCUT2D eigenvalue weighted by atomic mass is 32.2. The molecule has 0 fully saturated rings. The molecule has 0 atom stereocenters. The molecule has 1 aromatic rings. The van der Waals surface area contributed by atoms with E-state index in [0.29, 0.717) is 17.7 Å². The van der Waals surface area contributed by atoms with Crippen LogP contribution in [0.1, 0.15) is 5.56 Å². The van der Waals surface area contributed by atoms with Crippen LogP contribution in [-0.4, -0.2) is 15.5 Å². The van der Waals surface area contributed by atoms with Crippen molar-refractivity contribution in [2.45, 2.75) is 11.3 Å². The minimum Gasteiger partial charge on any atom is -0.497 e. The van der Waals surface area contributed by atoms with Crippen LogP contribution in [-0.2, 0) is 16.4 Å². The topological polar surface area (TPSA) is 69.4 Å². The first kappa shape index (κ1) is 11.7. The van der Waals surface area contributed by atoms with E-state index in [1.165, 1.54) is 13.2 Å². The second kappa shape index (κ2) is 4.46. The lowest BCUT2D eigenvalue weighted by atomic mass is 10.1. The second-order valence-corrected chi connectivity index (χ2v) is 4.54. The van der Waals surface area contributed by atoms with Crippen LogP contribution in [0.4, 0.5) is 0 Å². The monoisotopic (exact) mass is 227 g/mol. The molecule has 2 N–H and O–H groups in total. The highest BCUT2D eigenvalue weighted by Crippen LogP contribution is 2.21. The molecular formula is C10H13NO3S. The number of rotatable bonds is 4. The van der Waals surface area contributed by atoms with Crippen LogP contribution in [0.2, 0.25) is 0 Å². The van der Waals surface area contributed by atoms with E-state index in [4.69, 9.17) is 9.88 Å². The molecule has 4 nitrogen and oxygen atoms in total. The Labute approximate surface area is 89.4 Å². The van der Waals surface area contributed by atoms with Gasteiger partial charge in [0.1, 0.15) is 5.75 Å². The van der Waals surface area contributed by atoms with Crippen molar-refractivity contribution < 1.29 is 13.2 Å². The molecule has 0 aliphatic rings. The van der Waals surface area contributed by atoms with Gasteiger partial charge in [-0.15, -0.1) is 6.58 Å². The third-order valence-electron chi connectivity index (χ3n) is 1.94. The van der Waals surface area contributed by atoms with E-state index in [0.717, 1.165) is 0 Å². The lowest BCUT2D eigenvalue weighted by molar-refractivity contribution is 0.414. The van der Waals surface area contributed by atoms with Gasteiger partial charge in [0.25, 0.3) is 0 Å². The summed E-state index contributed by atoms with van der Waals surface area (Å²) < 4.78 is 27.5. The van der Waals surface area contributed by atoms with Crippen LogP contribution in [0.5, 0.6) is 5.75 Å². The smallest absolute Gasteiger partial charge is 0.238 e. The largest absolute Gasteiger partial charge is 0.497 e. The summed E-state index contributed by atoms with van der Waals surface area (Å²) in [6.45, 7) is 3.56. The molecule has 0 radical (unpaired) electrons. The Morgan fingerprint density at radius 1 is 1.53 bits per heavy atom. The van der Waals surface area contributed by atoms with Crippen molar-refractivity contribution in [1.29, 1.82) is 0 Å². The van der Waals surface area contributed by atoms with Crippen LogP contribution in [0, 0.1) is 0 Å². The van der Waals surface area contributed by atoms with E-state index < -0.39 is 10.0 Å². The summed E-state index contributed by atoms with van der Waals surface area (Å²) in [5.41, 5.74) is 0.590. The molecule has 0 bridgehead atoms. The maximum atomic E-state index is 11.2. The Kier molecular flexibility index (Phi) is 3.49. The van der Waals surface area contributed by atoms with Crippen molar-refractivity contribution >= 4 is 10.0 Å². The van der Waals surface area contributed by atoms with Crippen LogP contribution < -0.4 is 9.88 Å². The van der Waals surface area contributed by atoms with Gasteiger partial charge in [-0.3, -0.25) is 0 Å². The molecule has 0 spiro atoms. The maximum Gasteiger partial charge on any atom is 0.238 e. The third kappa shape index (κ3) is 2.81. The average Bonchev–Trinajstić information content (AvgIpc) is 2.16. The fourth-order valence-electron chi connectivity index (χ4n) is 1.28. The number of allylic oxidation sites excluding steroid dienone is 1. The minimum atomic E-state index is -3.68. The molecule has 5 heteroatoms. The molecular weight excluding hydrogens is 214 g/mol. The maximum absolute atomic E-state index is 11.2. The van der Waals surface area contributed by atoms with Gasteiger partial charge in [0.2, 0.25) is 10.0 Å². The minimum absolute atomic E-state index is 0.114. The van der Waals surface area contributed by atoms with Crippen molar-refractivity contribution in [2.24, 2.45) is 5.14 Å². The van der Waals surface area contributed by atoms with Gasteiger partial charge in [0, 0.05) is 0 Å². The van der Waals surface area contributed by atoms with E-state index in [1.54, 1.807) is 18.2 Å². The third-order valence-corrected chi connectivity index (χ3v) is 2.95. The summed E-state index contributed by atoms with van der Waals surface area (Å²) in [6, 6.07) is 4.64. The molecule has 0 aliphatic heterocycles. The summed E-state index contributed by atoms with van der Waals surface area (Å²) in [7, 11) is -2.17. The molecule has 1 aromatic carbocycles. The van der Waals surface area contributed by atoms with E-state index in [2.05, 4.69) is 6.58 Å². The van der Waals surface area contributed by atoms with E-state index in [-0.39, 0.29) is 4.90 Å². The molecule has 15 heavy (non-hydrogen) atoms. The number of benzene rings is 1. The Morgan fingerprint density at radius 3 is 2.67 bits per heavy atom. The van der Waals surface area contributed by atoms with Crippen LogP contribution in [0.15, 0.2) is 35.7 Å². The summed E-state index contributed by atoms with van der Waals surface area (Å²) in [5, 5.41) is 5.08. The molecule has 0 aromatic heterocycles. The van der Waals surface area contributed by atoms with E-state index >= 15 is 0 Å². The zero-order valence-corrected chi connectivity index (χ0v) is 9.25. The molecule has 0 unspecified atom stereocenters. The predicted octanol–water partition coefficient (Wildman–Crippen LogP) is 1.07. The summed E-state index contributed by atoms with van der Waals surface area (Å²) in [5.74, 6) is 0.597. The van der Waals surface area contributed by atoms with Gasteiger partial charge in [-0.05, 0) is 30.2 Å². The second-order valence-electron chi connectivity index (χ2n) is 3.01. The number of hydrogen-bond acceptors (Lipinski definition) is 3. The Balaban J connectivity index is 3.33. The lowest BCUT2D eigenvalue weighted by Crippen LogP contribution is -2.14. The Hall–Kier alpha value is -1.33. The van der Waals surface area contributed by atoms with Crippen molar-refractivity contribution in [3.05, 3.63) is 36.4 Å². The Morgan fingerprint density at radius 2 is 2.20 bits per heavy atom. The SMILES string of the molecule is C=CCc1cc(OC)ccc1S(N)(=O)=O. The van der Waals surface area contributed by atoms with Gasteiger partial charge in [-0.1, -0.05) is 6.08 Å². The fraction of sp³-hybridized carbons (Fsp3) is 0.200. The summed E-state index contributed by atoms with van der Waals surface area (Å²) >= 11 is 0. The predicted molar refractivity (Wildman–Crippen MR) is 58.3 cm³/mol. The van der Waals surface area contributed by atoms with Crippen molar-refractivity contribution in [3.8, 4) is 5.75 Å². The Bertz CT molecular complexity index is 466. The molecule has 0 saturated carbocycles. The first-order valence-electron chi connectivity index (χ1n) is 4.29. The number of hydrogen-bond donors (Lipinski definition) is 1. The number of nitrogens with two attached hydrogens (primary N) is 1. The number of methoxy groups -OCH3 is 1. The number of primary sulfonamides is 1. The molecule has 0 aliphatic carbocycles. The highest BCUT2D eigenvalue weighted by molar-refractivity contribution is 7.89. The zero-order valence-electron chi connectivity index (χ0n) is 8.43. The van der Waals surface area contributed by atoms with Crippen LogP contribution in [0.25, 0.3) is 0 Å². The zero-order chi connectivity index (χ0) is 11.5. The first-order chi connectivity index (χ1) is 6.99. The molecule has 82 valence electrons. The summed E-state index contributed by atoms with van der Waals surface area (Å²) in [6.07, 6.45) is 2.05. The van der Waals surface area contributed by atoms with Crippen molar-refractivity contribution in [1.82, 2.24) is 0 Å². The first-order valence-corrected chi connectivity index (χ1v) is 5.84. The normalized spacial score (nSPS) is 11.1. The van der Waals surface area contributed by atoms with Gasteiger partial charge in [0.15, 0.2) is 0 Å². The van der Waals surface area contributed by atoms with E-state index in [1.807, 2.05) is 0 Å². The van der Waals surface area contributed by atoms with Gasteiger partial charge < -0.3 is 4.74 Å². The number of ether oxygens (including phenoxy) is 1. The van der Waals surface area contributed by atoms with Crippen molar-refractivity contribution in [2.75, 3.05) is 7.11 Å². The van der Waals surface area contributed by atoms with Gasteiger partial charge >= 0.3 is 0 Å². The van der Waals surface area contributed by atoms with E-state index in [9.17, 15) is 8.42 Å². The summed E-state index contributed by atoms with van der Waals surface area (Å²) in [4.78, 5) is 0.114. The highest BCUT2D eigenvalue weighted by Gasteiger charge is 2.13. The molecule has 0 amide bonds. The van der Waals surface area contributed by atoms with Crippen molar-refractivity contribution in [3.63, 3.8) is 0 Å². The van der Waals surface area contributed by atoms with Gasteiger partial charge in [0.05, 0.1) is 12.0 Å².